The fraction of sp³-hybridized carbons (Fsp3) is 0.538. The van der Waals surface area contributed by atoms with Crippen molar-refractivity contribution in [2.45, 2.75) is 25.8 Å². The highest BCUT2D eigenvalue weighted by molar-refractivity contribution is 9.10. The average Bonchev–Trinajstić information content (AvgIpc) is 2.28. The smallest absolute Gasteiger partial charge is 0.0489 e. The normalized spacial score (nSPS) is 18.7. The summed E-state index contributed by atoms with van der Waals surface area (Å²) in [4.78, 5) is 2.39. The van der Waals surface area contributed by atoms with E-state index in [9.17, 15) is 0 Å². The Labute approximate surface area is 106 Å². The summed E-state index contributed by atoms with van der Waals surface area (Å²) >= 11 is 3.65. The van der Waals surface area contributed by atoms with E-state index in [2.05, 4.69) is 58.3 Å². The van der Waals surface area contributed by atoms with Gasteiger partial charge in [0.05, 0.1) is 0 Å². The predicted molar refractivity (Wildman–Crippen MR) is 73.0 cm³/mol. The third-order valence-corrected chi connectivity index (χ3v) is 4.32. The second-order valence-corrected chi connectivity index (χ2v) is 5.45. The van der Waals surface area contributed by atoms with Gasteiger partial charge < -0.3 is 10.2 Å². The van der Waals surface area contributed by atoms with Gasteiger partial charge in [-0.1, -0.05) is 12.1 Å². The first-order chi connectivity index (χ1) is 7.66. The number of aryl methyl sites for hydroxylation is 1. The summed E-state index contributed by atoms with van der Waals surface area (Å²) in [5, 5.41) is 3.64. The number of piperidine rings is 1. The van der Waals surface area contributed by atoms with Crippen molar-refractivity contribution in [1.82, 2.24) is 4.90 Å². The van der Waals surface area contributed by atoms with E-state index in [-0.39, 0.29) is 0 Å². The average molecular weight is 283 g/mol. The van der Waals surface area contributed by atoms with Crippen molar-refractivity contribution in [3.63, 3.8) is 0 Å². The molecule has 16 heavy (non-hydrogen) atoms. The van der Waals surface area contributed by atoms with E-state index in [0.717, 1.165) is 0 Å². The molecule has 0 aliphatic carbocycles. The van der Waals surface area contributed by atoms with Crippen LogP contribution in [0.4, 0.5) is 5.69 Å². The molecule has 2 nitrogen and oxygen atoms in total. The van der Waals surface area contributed by atoms with Crippen molar-refractivity contribution in [3.05, 3.63) is 28.2 Å². The Morgan fingerprint density at radius 3 is 2.69 bits per heavy atom. The standard InChI is InChI=1S/C13H19BrN2/c1-10-4-3-5-12(13(10)14)15-11-6-8-16(2)9-7-11/h3-5,11,15H,6-9H2,1-2H3. The van der Waals surface area contributed by atoms with E-state index >= 15 is 0 Å². The molecular weight excluding hydrogens is 264 g/mol. The molecule has 1 aliphatic rings. The van der Waals surface area contributed by atoms with Crippen molar-refractivity contribution in [1.29, 1.82) is 0 Å². The van der Waals surface area contributed by atoms with Crippen LogP contribution in [-0.2, 0) is 0 Å². The van der Waals surface area contributed by atoms with Crippen molar-refractivity contribution in [2.75, 3.05) is 25.5 Å². The number of rotatable bonds is 2. The lowest BCUT2D eigenvalue weighted by Crippen LogP contribution is -2.36. The number of hydrogen-bond acceptors (Lipinski definition) is 2. The lowest BCUT2D eigenvalue weighted by atomic mass is 10.0. The largest absolute Gasteiger partial charge is 0.381 e. The molecule has 0 bridgehead atoms. The maximum Gasteiger partial charge on any atom is 0.0489 e. The lowest BCUT2D eigenvalue weighted by Gasteiger charge is -2.30. The highest BCUT2D eigenvalue weighted by atomic mass is 79.9. The number of halogens is 1. The molecule has 1 fully saturated rings. The van der Waals surface area contributed by atoms with Crippen LogP contribution in [0.1, 0.15) is 18.4 Å². The van der Waals surface area contributed by atoms with Gasteiger partial charge in [-0.05, 0) is 67.5 Å². The molecule has 0 unspecified atom stereocenters. The predicted octanol–water partition coefficient (Wildman–Crippen LogP) is 3.26. The first kappa shape index (κ1) is 11.9. The Bertz CT molecular complexity index is 357. The number of anilines is 1. The van der Waals surface area contributed by atoms with Crippen LogP contribution in [0, 0.1) is 6.92 Å². The summed E-state index contributed by atoms with van der Waals surface area (Å²) in [7, 11) is 2.19. The van der Waals surface area contributed by atoms with E-state index in [1.165, 1.54) is 41.7 Å². The molecule has 0 aromatic heterocycles. The summed E-state index contributed by atoms with van der Waals surface area (Å²) in [5.41, 5.74) is 2.52. The fourth-order valence-corrected chi connectivity index (χ4v) is 2.51. The monoisotopic (exact) mass is 282 g/mol. The Balaban J connectivity index is 2.01. The van der Waals surface area contributed by atoms with Gasteiger partial charge in [-0.2, -0.15) is 0 Å². The molecule has 3 heteroatoms. The lowest BCUT2D eigenvalue weighted by molar-refractivity contribution is 0.264. The van der Waals surface area contributed by atoms with Crippen LogP contribution in [0.2, 0.25) is 0 Å². The molecule has 1 aromatic rings. The van der Waals surface area contributed by atoms with Crippen LogP contribution in [0.5, 0.6) is 0 Å². The zero-order chi connectivity index (χ0) is 11.5. The zero-order valence-electron chi connectivity index (χ0n) is 9.96. The molecule has 0 radical (unpaired) electrons. The van der Waals surface area contributed by atoms with Gasteiger partial charge >= 0.3 is 0 Å². The molecule has 0 amide bonds. The Kier molecular flexibility index (Phi) is 3.87. The minimum atomic E-state index is 0.620. The second kappa shape index (κ2) is 5.19. The number of hydrogen-bond donors (Lipinski definition) is 1. The van der Waals surface area contributed by atoms with E-state index in [1.807, 2.05) is 0 Å². The van der Waals surface area contributed by atoms with Gasteiger partial charge in [0.1, 0.15) is 0 Å². The summed E-state index contributed by atoms with van der Waals surface area (Å²) in [6, 6.07) is 7.01. The molecule has 1 aromatic carbocycles. The van der Waals surface area contributed by atoms with E-state index < -0.39 is 0 Å². The van der Waals surface area contributed by atoms with Crippen LogP contribution >= 0.6 is 15.9 Å². The van der Waals surface area contributed by atoms with E-state index in [0.29, 0.717) is 6.04 Å². The summed E-state index contributed by atoms with van der Waals surface area (Å²) in [6.07, 6.45) is 2.47. The van der Waals surface area contributed by atoms with Gasteiger partial charge in [0.2, 0.25) is 0 Å². The van der Waals surface area contributed by atoms with Crippen LogP contribution in [-0.4, -0.2) is 31.1 Å². The first-order valence-corrected chi connectivity index (χ1v) is 6.66. The number of benzene rings is 1. The third-order valence-electron chi connectivity index (χ3n) is 3.27. The van der Waals surface area contributed by atoms with Crippen LogP contribution in [0.3, 0.4) is 0 Å². The van der Waals surface area contributed by atoms with Gasteiger partial charge in [-0.15, -0.1) is 0 Å². The van der Waals surface area contributed by atoms with Crippen molar-refractivity contribution >= 4 is 21.6 Å². The number of likely N-dealkylation sites (tertiary alicyclic amines) is 1. The Morgan fingerprint density at radius 1 is 1.31 bits per heavy atom. The Morgan fingerprint density at radius 2 is 2.00 bits per heavy atom. The van der Waals surface area contributed by atoms with Gasteiger partial charge in [0, 0.05) is 16.2 Å². The molecule has 0 spiro atoms. The van der Waals surface area contributed by atoms with Crippen molar-refractivity contribution in [3.8, 4) is 0 Å². The van der Waals surface area contributed by atoms with Crippen molar-refractivity contribution in [2.24, 2.45) is 0 Å². The van der Waals surface area contributed by atoms with Crippen LogP contribution < -0.4 is 5.32 Å². The minimum absolute atomic E-state index is 0.620. The third kappa shape index (κ3) is 2.77. The van der Waals surface area contributed by atoms with E-state index in [1.54, 1.807) is 0 Å². The second-order valence-electron chi connectivity index (χ2n) is 4.66. The topological polar surface area (TPSA) is 15.3 Å². The summed E-state index contributed by atoms with van der Waals surface area (Å²) in [5.74, 6) is 0. The molecule has 0 saturated carbocycles. The molecule has 1 aliphatic heterocycles. The number of nitrogens with one attached hydrogen (secondary N) is 1. The van der Waals surface area contributed by atoms with Crippen molar-refractivity contribution < 1.29 is 0 Å². The molecule has 2 rings (SSSR count). The summed E-state index contributed by atoms with van der Waals surface area (Å²) in [6.45, 7) is 4.52. The summed E-state index contributed by atoms with van der Waals surface area (Å²) < 4.78 is 1.20. The zero-order valence-corrected chi connectivity index (χ0v) is 11.5. The molecular formula is C13H19BrN2. The Hall–Kier alpha value is -0.540. The van der Waals surface area contributed by atoms with Gasteiger partial charge in [0.25, 0.3) is 0 Å². The van der Waals surface area contributed by atoms with Crippen LogP contribution in [0.25, 0.3) is 0 Å². The molecule has 1 heterocycles. The molecule has 1 N–H and O–H groups in total. The maximum absolute atomic E-state index is 3.65. The van der Waals surface area contributed by atoms with Gasteiger partial charge in [-0.25, -0.2) is 0 Å². The molecule has 1 saturated heterocycles. The number of nitrogens with zero attached hydrogens (tertiary/aromatic N) is 1. The SMILES string of the molecule is Cc1cccc(NC2CCN(C)CC2)c1Br. The van der Waals surface area contributed by atoms with Gasteiger partial charge in [0.15, 0.2) is 0 Å². The molecule has 88 valence electrons. The highest BCUT2D eigenvalue weighted by Crippen LogP contribution is 2.27. The fourth-order valence-electron chi connectivity index (χ4n) is 2.13. The van der Waals surface area contributed by atoms with E-state index in [4.69, 9.17) is 0 Å². The highest BCUT2D eigenvalue weighted by Gasteiger charge is 2.17. The minimum Gasteiger partial charge on any atom is -0.381 e. The quantitative estimate of drug-likeness (QED) is 0.896. The van der Waals surface area contributed by atoms with Gasteiger partial charge in [-0.3, -0.25) is 0 Å². The van der Waals surface area contributed by atoms with Crippen LogP contribution in [0.15, 0.2) is 22.7 Å². The first-order valence-electron chi connectivity index (χ1n) is 5.87. The maximum atomic E-state index is 3.65. The molecule has 0 atom stereocenters.